The van der Waals surface area contributed by atoms with Gasteiger partial charge in [-0.3, -0.25) is 4.79 Å². The van der Waals surface area contributed by atoms with Gasteiger partial charge in [0.1, 0.15) is 5.82 Å². The summed E-state index contributed by atoms with van der Waals surface area (Å²) in [6.45, 7) is 4.07. The smallest absolute Gasteiger partial charge is 0.226 e. The third-order valence-electron chi connectivity index (χ3n) is 3.70. The van der Waals surface area contributed by atoms with Crippen LogP contribution < -0.4 is 10.6 Å². The van der Waals surface area contributed by atoms with Gasteiger partial charge < -0.3 is 10.6 Å². The standard InChI is InChI=1S/C14H18BrFN2O/c1-14(4-6-17-7-5-14)13(19)18-9-10-8-11(16)2-3-12(10)15/h2-3,8,17H,4-7,9H2,1H3,(H,18,19). The zero-order chi connectivity index (χ0) is 13.9. The summed E-state index contributed by atoms with van der Waals surface area (Å²) in [7, 11) is 0. The molecule has 0 bridgehead atoms. The molecule has 0 unspecified atom stereocenters. The molecule has 1 saturated heterocycles. The molecule has 0 radical (unpaired) electrons. The number of hydrogen-bond acceptors (Lipinski definition) is 2. The molecule has 0 aromatic heterocycles. The molecule has 0 aliphatic carbocycles. The number of amides is 1. The topological polar surface area (TPSA) is 41.1 Å². The van der Waals surface area contributed by atoms with E-state index in [0.717, 1.165) is 36.0 Å². The largest absolute Gasteiger partial charge is 0.352 e. The second-order valence-corrected chi connectivity index (χ2v) is 6.08. The van der Waals surface area contributed by atoms with Crippen LogP contribution in [0.4, 0.5) is 4.39 Å². The number of carbonyl (C=O) groups is 1. The molecule has 1 aromatic rings. The number of halogens is 2. The highest BCUT2D eigenvalue weighted by Crippen LogP contribution is 2.28. The van der Waals surface area contributed by atoms with Gasteiger partial charge in [0.25, 0.3) is 0 Å². The van der Waals surface area contributed by atoms with Gasteiger partial charge in [0, 0.05) is 16.4 Å². The van der Waals surface area contributed by atoms with E-state index in [-0.39, 0.29) is 17.1 Å². The fourth-order valence-electron chi connectivity index (χ4n) is 2.27. The molecule has 1 fully saturated rings. The van der Waals surface area contributed by atoms with Gasteiger partial charge in [-0.1, -0.05) is 22.9 Å². The van der Waals surface area contributed by atoms with E-state index in [1.807, 2.05) is 6.92 Å². The predicted octanol–water partition coefficient (Wildman–Crippen LogP) is 2.59. The van der Waals surface area contributed by atoms with Crippen LogP contribution in [0, 0.1) is 11.2 Å². The number of carbonyl (C=O) groups excluding carboxylic acids is 1. The molecule has 2 rings (SSSR count). The highest BCUT2D eigenvalue weighted by Gasteiger charge is 2.34. The molecule has 3 nitrogen and oxygen atoms in total. The van der Waals surface area contributed by atoms with Crippen LogP contribution >= 0.6 is 15.9 Å². The van der Waals surface area contributed by atoms with Crippen molar-refractivity contribution in [2.24, 2.45) is 5.41 Å². The van der Waals surface area contributed by atoms with Crippen molar-refractivity contribution in [3.8, 4) is 0 Å². The lowest BCUT2D eigenvalue weighted by molar-refractivity contribution is -0.131. The van der Waals surface area contributed by atoms with Crippen LogP contribution in [-0.2, 0) is 11.3 Å². The van der Waals surface area contributed by atoms with Gasteiger partial charge in [-0.15, -0.1) is 0 Å². The van der Waals surface area contributed by atoms with Crippen molar-refractivity contribution >= 4 is 21.8 Å². The van der Waals surface area contributed by atoms with E-state index in [9.17, 15) is 9.18 Å². The lowest BCUT2D eigenvalue weighted by Crippen LogP contribution is -2.45. The summed E-state index contributed by atoms with van der Waals surface area (Å²) in [6, 6.07) is 4.49. The van der Waals surface area contributed by atoms with Gasteiger partial charge in [-0.05, 0) is 49.7 Å². The first-order chi connectivity index (χ1) is 9.01. The summed E-state index contributed by atoms with van der Waals surface area (Å²) in [4.78, 5) is 12.2. The minimum atomic E-state index is -0.314. The SMILES string of the molecule is CC1(C(=O)NCc2cc(F)ccc2Br)CCNCC1. The number of benzene rings is 1. The first-order valence-electron chi connectivity index (χ1n) is 6.44. The summed E-state index contributed by atoms with van der Waals surface area (Å²) < 4.78 is 14.0. The van der Waals surface area contributed by atoms with Crippen LogP contribution in [0.3, 0.4) is 0 Å². The maximum Gasteiger partial charge on any atom is 0.226 e. The maximum atomic E-state index is 13.2. The Labute approximate surface area is 121 Å². The number of piperidine rings is 1. The van der Waals surface area contributed by atoms with Gasteiger partial charge in [0.2, 0.25) is 5.91 Å². The molecule has 0 saturated carbocycles. The average Bonchev–Trinajstić information content (AvgIpc) is 2.40. The third-order valence-corrected chi connectivity index (χ3v) is 4.48. The van der Waals surface area contributed by atoms with Crippen LogP contribution in [-0.4, -0.2) is 19.0 Å². The Morgan fingerprint density at radius 3 is 2.84 bits per heavy atom. The predicted molar refractivity (Wildman–Crippen MR) is 76.2 cm³/mol. The van der Waals surface area contributed by atoms with Crippen LogP contribution in [0.2, 0.25) is 0 Å². The Morgan fingerprint density at radius 1 is 1.47 bits per heavy atom. The quantitative estimate of drug-likeness (QED) is 0.895. The van der Waals surface area contributed by atoms with Crippen molar-refractivity contribution in [2.45, 2.75) is 26.3 Å². The normalized spacial score (nSPS) is 18.1. The second-order valence-electron chi connectivity index (χ2n) is 5.23. The minimum Gasteiger partial charge on any atom is -0.352 e. The van der Waals surface area contributed by atoms with Crippen LogP contribution in [0.25, 0.3) is 0 Å². The highest BCUT2D eigenvalue weighted by molar-refractivity contribution is 9.10. The van der Waals surface area contributed by atoms with E-state index in [2.05, 4.69) is 26.6 Å². The van der Waals surface area contributed by atoms with E-state index in [4.69, 9.17) is 0 Å². The van der Waals surface area contributed by atoms with Gasteiger partial charge in [0.05, 0.1) is 0 Å². The number of hydrogen-bond donors (Lipinski definition) is 2. The third kappa shape index (κ3) is 3.54. The molecule has 104 valence electrons. The number of nitrogens with one attached hydrogen (secondary N) is 2. The summed E-state index contributed by atoms with van der Waals surface area (Å²) in [6.07, 6.45) is 1.67. The van der Waals surface area contributed by atoms with Crippen LogP contribution in [0.1, 0.15) is 25.3 Å². The fraction of sp³-hybridized carbons (Fsp3) is 0.500. The van der Waals surface area contributed by atoms with Crippen molar-refractivity contribution in [1.82, 2.24) is 10.6 Å². The fourth-order valence-corrected chi connectivity index (χ4v) is 2.66. The second kappa shape index (κ2) is 6.01. The van der Waals surface area contributed by atoms with E-state index in [0.29, 0.717) is 6.54 Å². The van der Waals surface area contributed by atoms with Gasteiger partial charge >= 0.3 is 0 Å². The molecule has 5 heteroatoms. The molecule has 19 heavy (non-hydrogen) atoms. The van der Waals surface area contributed by atoms with Gasteiger partial charge in [0.15, 0.2) is 0 Å². The van der Waals surface area contributed by atoms with Crippen molar-refractivity contribution in [2.75, 3.05) is 13.1 Å². The lowest BCUT2D eigenvalue weighted by atomic mass is 9.80. The minimum absolute atomic E-state index is 0.0464. The maximum absolute atomic E-state index is 13.2. The van der Waals surface area contributed by atoms with Crippen LogP contribution in [0.15, 0.2) is 22.7 Å². The monoisotopic (exact) mass is 328 g/mol. The molecule has 1 heterocycles. The highest BCUT2D eigenvalue weighted by atomic mass is 79.9. The average molecular weight is 329 g/mol. The van der Waals surface area contributed by atoms with Crippen LogP contribution in [0.5, 0.6) is 0 Å². The Balaban J connectivity index is 1.98. The molecule has 1 aliphatic rings. The molecule has 0 spiro atoms. The molecule has 1 amide bonds. The van der Waals surface area contributed by atoms with E-state index >= 15 is 0 Å². The van der Waals surface area contributed by atoms with E-state index in [1.165, 1.54) is 12.1 Å². The zero-order valence-corrected chi connectivity index (χ0v) is 12.5. The Hall–Kier alpha value is -0.940. The zero-order valence-electron chi connectivity index (χ0n) is 10.9. The number of rotatable bonds is 3. The summed E-state index contributed by atoms with van der Waals surface area (Å²) in [5.74, 6) is -0.245. The van der Waals surface area contributed by atoms with E-state index < -0.39 is 0 Å². The molecule has 1 aromatic carbocycles. The Kier molecular flexibility index (Phi) is 4.58. The first kappa shape index (κ1) is 14.5. The summed E-state index contributed by atoms with van der Waals surface area (Å²) >= 11 is 3.36. The Morgan fingerprint density at radius 2 is 2.16 bits per heavy atom. The molecule has 1 aliphatic heterocycles. The summed E-state index contributed by atoms with van der Waals surface area (Å²) in [5.41, 5.74) is 0.441. The Bertz CT molecular complexity index is 473. The molecule has 0 atom stereocenters. The van der Waals surface area contributed by atoms with Gasteiger partial charge in [-0.2, -0.15) is 0 Å². The van der Waals surface area contributed by atoms with Crippen molar-refractivity contribution < 1.29 is 9.18 Å². The van der Waals surface area contributed by atoms with Crippen molar-refractivity contribution in [1.29, 1.82) is 0 Å². The molecular formula is C14H18BrFN2O. The first-order valence-corrected chi connectivity index (χ1v) is 7.23. The van der Waals surface area contributed by atoms with Gasteiger partial charge in [-0.25, -0.2) is 4.39 Å². The molecule has 2 N–H and O–H groups in total. The van der Waals surface area contributed by atoms with Crippen molar-refractivity contribution in [3.63, 3.8) is 0 Å². The molecular weight excluding hydrogens is 311 g/mol. The summed E-state index contributed by atoms with van der Waals surface area (Å²) in [5, 5.41) is 6.16. The van der Waals surface area contributed by atoms with Crippen molar-refractivity contribution in [3.05, 3.63) is 34.1 Å². The lowest BCUT2D eigenvalue weighted by Gasteiger charge is -2.32. The van der Waals surface area contributed by atoms with E-state index in [1.54, 1.807) is 6.07 Å².